The Balaban J connectivity index is 2.17. The SMILES string of the molecule is CCOc1ccc(C(C)=O)cc1NC(=O)/C=C/c1ccccc1. The van der Waals surface area contributed by atoms with Gasteiger partial charge in [0.1, 0.15) is 5.75 Å². The summed E-state index contributed by atoms with van der Waals surface area (Å²) in [7, 11) is 0. The van der Waals surface area contributed by atoms with Crippen molar-refractivity contribution in [2.24, 2.45) is 0 Å². The van der Waals surface area contributed by atoms with Crippen molar-refractivity contribution in [3.05, 3.63) is 65.7 Å². The second-order valence-corrected chi connectivity index (χ2v) is 4.93. The molecule has 0 aliphatic carbocycles. The molecule has 2 aromatic rings. The molecule has 1 N–H and O–H groups in total. The maximum atomic E-state index is 12.1. The van der Waals surface area contributed by atoms with Crippen molar-refractivity contribution >= 4 is 23.5 Å². The molecule has 4 heteroatoms. The average Bonchev–Trinajstić information content (AvgIpc) is 2.55. The van der Waals surface area contributed by atoms with E-state index in [0.717, 1.165) is 5.56 Å². The first-order valence-electron chi connectivity index (χ1n) is 7.42. The highest BCUT2D eigenvalue weighted by molar-refractivity contribution is 6.04. The highest BCUT2D eigenvalue weighted by Gasteiger charge is 2.09. The predicted octanol–water partition coefficient (Wildman–Crippen LogP) is 3.94. The van der Waals surface area contributed by atoms with Gasteiger partial charge in [-0.25, -0.2) is 0 Å². The van der Waals surface area contributed by atoms with Gasteiger partial charge in [0.05, 0.1) is 12.3 Å². The van der Waals surface area contributed by atoms with Crippen LogP contribution in [-0.2, 0) is 4.79 Å². The Bertz CT molecular complexity index is 721. The number of nitrogens with one attached hydrogen (secondary N) is 1. The van der Waals surface area contributed by atoms with Crippen LogP contribution >= 0.6 is 0 Å². The van der Waals surface area contributed by atoms with E-state index in [-0.39, 0.29) is 11.7 Å². The van der Waals surface area contributed by atoms with E-state index in [9.17, 15) is 9.59 Å². The van der Waals surface area contributed by atoms with Crippen molar-refractivity contribution in [1.82, 2.24) is 0 Å². The molecule has 2 aromatic carbocycles. The van der Waals surface area contributed by atoms with Crippen LogP contribution in [0.25, 0.3) is 6.08 Å². The van der Waals surface area contributed by atoms with Crippen molar-refractivity contribution in [1.29, 1.82) is 0 Å². The molecular formula is C19H19NO3. The fourth-order valence-corrected chi connectivity index (χ4v) is 2.04. The van der Waals surface area contributed by atoms with Crippen LogP contribution in [0.5, 0.6) is 5.75 Å². The van der Waals surface area contributed by atoms with E-state index in [2.05, 4.69) is 5.32 Å². The Morgan fingerprint density at radius 1 is 1.13 bits per heavy atom. The lowest BCUT2D eigenvalue weighted by Gasteiger charge is -2.11. The van der Waals surface area contributed by atoms with Gasteiger partial charge in [0.25, 0.3) is 0 Å². The predicted molar refractivity (Wildman–Crippen MR) is 91.7 cm³/mol. The fraction of sp³-hybridized carbons (Fsp3) is 0.158. The van der Waals surface area contributed by atoms with Crippen LogP contribution in [0.15, 0.2) is 54.6 Å². The Morgan fingerprint density at radius 3 is 2.52 bits per heavy atom. The zero-order valence-electron chi connectivity index (χ0n) is 13.2. The molecule has 2 rings (SSSR count). The normalized spacial score (nSPS) is 10.5. The van der Waals surface area contributed by atoms with Gasteiger partial charge in [-0.2, -0.15) is 0 Å². The van der Waals surface area contributed by atoms with Crippen molar-refractivity contribution in [2.75, 3.05) is 11.9 Å². The van der Waals surface area contributed by atoms with Crippen LogP contribution in [0, 0.1) is 0 Å². The number of ketones is 1. The molecule has 4 nitrogen and oxygen atoms in total. The Morgan fingerprint density at radius 2 is 1.87 bits per heavy atom. The van der Waals surface area contributed by atoms with Crippen LogP contribution in [0.2, 0.25) is 0 Å². The van der Waals surface area contributed by atoms with E-state index in [1.165, 1.54) is 13.0 Å². The van der Waals surface area contributed by atoms with Crippen LogP contribution in [0.1, 0.15) is 29.8 Å². The Kier molecular flexibility index (Phi) is 5.69. The summed E-state index contributed by atoms with van der Waals surface area (Å²) in [6.07, 6.45) is 3.18. The van der Waals surface area contributed by atoms with E-state index < -0.39 is 0 Å². The molecule has 0 fully saturated rings. The average molecular weight is 309 g/mol. The lowest BCUT2D eigenvalue weighted by molar-refractivity contribution is -0.111. The first-order valence-corrected chi connectivity index (χ1v) is 7.42. The monoisotopic (exact) mass is 309 g/mol. The molecule has 0 saturated heterocycles. The number of hydrogen-bond acceptors (Lipinski definition) is 3. The van der Waals surface area contributed by atoms with Crippen molar-refractivity contribution in [2.45, 2.75) is 13.8 Å². The van der Waals surface area contributed by atoms with Crippen LogP contribution < -0.4 is 10.1 Å². The highest BCUT2D eigenvalue weighted by atomic mass is 16.5. The van der Waals surface area contributed by atoms with Crippen molar-refractivity contribution in [3.63, 3.8) is 0 Å². The van der Waals surface area contributed by atoms with Gasteiger partial charge in [-0.1, -0.05) is 30.3 Å². The zero-order valence-corrected chi connectivity index (χ0v) is 13.2. The van der Waals surface area contributed by atoms with Gasteiger partial charge >= 0.3 is 0 Å². The van der Waals surface area contributed by atoms with Gasteiger partial charge in [0.15, 0.2) is 5.78 Å². The zero-order chi connectivity index (χ0) is 16.7. The van der Waals surface area contributed by atoms with Crippen LogP contribution in [0.3, 0.4) is 0 Å². The molecule has 0 atom stereocenters. The standard InChI is InChI=1S/C19H19NO3/c1-3-23-18-11-10-16(14(2)21)13-17(18)20-19(22)12-9-15-7-5-4-6-8-15/h4-13H,3H2,1-2H3,(H,20,22)/b12-9+. The highest BCUT2D eigenvalue weighted by Crippen LogP contribution is 2.26. The molecule has 0 aliphatic heterocycles. The molecule has 23 heavy (non-hydrogen) atoms. The second kappa shape index (κ2) is 7.94. The summed E-state index contributed by atoms with van der Waals surface area (Å²) < 4.78 is 5.49. The second-order valence-electron chi connectivity index (χ2n) is 4.93. The molecule has 0 radical (unpaired) electrons. The minimum atomic E-state index is -0.282. The largest absolute Gasteiger partial charge is 0.492 e. The number of carbonyl (C=O) groups excluding carboxylic acids is 2. The van der Waals surface area contributed by atoms with Gasteiger partial charge in [-0.05, 0) is 43.7 Å². The quantitative estimate of drug-likeness (QED) is 0.649. The Hall–Kier alpha value is -2.88. The summed E-state index contributed by atoms with van der Waals surface area (Å²) in [5.41, 5.74) is 1.95. The topological polar surface area (TPSA) is 55.4 Å². The maximum absolute atomic E-state index is 12.1. The van der Waals surface area contributed by atoms with Crippen LogP contribution in [0.4, 0.5) is 5.69 Å². The first-order chi connectivity index (χ1) is 11.1. The summed E-state index contributed by atoms with van der Waals surface area (Å²) in [6, 6.07) is 14.5. The van der Waals surface area contributed by atoms with Crippen LogP contribution in [-0.4, -0.2) is 18.3 Å². The third-order valence-electron chi connectivity index (χ3n) is 3.17. The van der Waals surface area contributed by atoms with E-state index in [1.54, 1.807) is 24.3 Å². The van der Waals surface area contributed by atoms with Gasteiger partial charge in [0.2, 0.25) is 5.91 Å². The summed E-state index contributed by atoms with van der Waals surface area (Å²) in [6.45, 7) is 3.82. The maximum Gasteiger partial charge on any atom is 0.248 e. The van der Waals surface area contributed by atoms with Gasteiger partial charge < -0.3 is 10.1 Å². The summed E-state index contributed by atoms with van der Waals surface area (Å²) in [5.74, 6) is 0.192. The molecule has 0 unspecified atom stereocenters. The minimum absolute atomic E-state index is 0.0663. The van der Waals surface area contributed by atoms with Gasteiger partial charge in [-0.3, -0.25) is 9.59 Å². The number of hydrogen-bond donors (Lipinski definition) is 1. The van der Waals surface area contributed by atoms with Crippen molar-refractivity contribution in [3.8, 4) is 5.75 Å². The smallest absolute Gasteiger partial charge is 0.248 e. The summed E-state index contributed by atoms with van der Waals surface area (Å²) >= 11 is 0. The molecule has 0 heterocycles. The molecule has 0 aromatic heterocycles. The molecule has 0 saturated carbocycles. The van der Waals surface area contributed by atoms with Gasteiger partial charge in [0, 0.05) is 11.6 Å². The van der Waals surface area contributed by atoms with E-state index >= 15 is 0 Å². The van der Waals surface area contributed by atoms with Crippen molar-refractivity contribution < 1.29 is 14.3 Å². The molecule has 1 amide bonds. The summed E-state index contributed by atoms with van der Waals surface area (Å²) in [5, 5.41) is 2.76. The van der Waals surface area contributed by atoms with E-state index in [1.807, 2.05) is 37.3 Å². The lowest BCUT2D eigenvalue weighted by atomic mass is 10.1. The minimum Gasteiger partial charge on any atom is -0.492 e. The van der Waals surface area contributed by atoms with Gasteiger partial charge in [-0.15, -0.1) is 0 Å². The third kappa shape index (κ3) is 4.81. The molecular weight excluding hydrogens is 290 g/mol. The van der Waals surface area contributed by atoms with E-state index in [4.69, 9.17) is 4.74 Å². The number of ether oxygens (including phenoxy) is 1. The number of anilines is 1. The third-order valence-corrected chi connectivity index (χ3v) is 3.17. The molecule has 0 aliphatic rings. The van der Waals surface area contributed by atoms with E-state index in [0.29, 0.717) is 23.6 Å². The molecule has 0 bridgehead atoms. The fourth-order valence-electron chi connectivity index (χ4n) is 2.04. The number of carbonyl (C=O) groups is 2. The number of amides is 1. The molecule has 118 valence electrons. The number of benzene rings is 2. The first kappa shape index (κ1) is 16.5. The summed E-state index contributed by atoms with van der Waals surface area (Å²) in [4.78, 5) is 23.6. The number of rotatable bonds is 6. The molecule has 0 spiro atoms. The lowest BCUT2D eigenvalue weighted by Crippen LogP contribution is -2.10. The number of Topliss-reactive ketones (excluding diaryl/α,β-unsaturated/α-hetero) is 1. The Labute approximate surface area is 135 Å².